The molecule has 0 atom stereocenters. The molecule has 0 aliphatic carbocycles. The summed E-state index contributed by atoms with van der Waals surface area (Å²) < 4.78 is 0. The number of hydrogen-bond donors (Lipinski definition) is 1. The van der Waals surface area contributed by atoms with E-state index in [0.29, 0.717) is 5.02 Å². The number of amides is 1. The summed E-state index contributed by atoms with van der Waals surface area (Å²) in [5.74, 6) is 0.204. The summed E-state index contributed by atoms with van der Waals surface area (Å²) in [7, 11) is 2.09. The van der Waals surface area contributed by atoms with E-state index in [4.69, 9.17) is 11.6 Å². The quantitative estimate of drug-likeness (QED) is 0.902. The lowest BCUT2D eigenvalue weighted by Gasteiger charge is -2.28. The molecule has 0 aromatic heterocycles. The zero-order valence-corrected chi connectivity index (χ0v) is 12.5. The number of nitrogens with one attached hydrogen (secondary N) is 1. The lowest BCUT2D eigenvalue weighted by molar-refractivity contribution is -0.121. The van der Waals surface area contributed by atoms with Gasteiger partial charge in [-0.1, -0.05) is 17.7 Å². The molecule has 19 heavy (non-hydrogen) atoms. The van der Waals surface area contributed by atoms with Gasteiger partial charge in [0.15, 0.2) is 0 Å². The van der Waals surface area contributed by atoms with Gasteiger partial charge < -0.3 is 10.2 Å². The maximum atomic E-state index is 12.3. The first-order chi connectivity index (χ1) is 8.97. The van der Waals surface area contributed by atoms with E-state index in [1.54, 1.807) is 0 Å². The van der Waals surface area contributed by atoms with Crippen LogP contribution in [0.15, 0.2) is 12.1 Å². The van der Waals surface area contributed by atoms with E-state index in [0.717, 1.165) is 42.7 Å². The van der Waals surface area contributed by atoms with Crippen molar-refractivity contribution in [1.29, 1.82) is 0 Å². The maximum absolute atomic E-state index is 12.3. The third-order valence-electron chi connectivity index (χ3n) is 3.77. The van der Waals surface area contributed by atoms with E-state index in [-0.39, 0.29) is 11.8 Å². The van der Waals surface area contributed by atoms with Crippen molar-refractivity contribution in [3.63, 3.8) is 0 Å². The number of benzene rings is 1. The number of piperidine rings is 1. The molecule has 1 aliphatic heterocycles. The van der Waals surface area contributed by atoms with Crippen molar-refractivity contribution >= 4 is 23.2 Å². The number of aryl methyl sites for hydroxylation is 2. The summed E-state index contributed by atoms with van der Waals surface area (Å²) in [5.41, 5.74) is 2.89. The van der Waals surface area contributed by atoms with Crippen LogP contribution in [0.4, 0.5) is 5.69 Å². The smallest absolute Gasteiger partial charge is 0.227 e. The number of carbonyl (C=O) groups excluding carboxylic acids is 1. The monoisotopic (exact) mass is 280 g/mol. The maximum Gasteiger partial charge on any atom is 0.227 e. The highest BCUT2D eigenvalue weighted by Gasteiger charge is 2.24. The Hall–Kier alpha value is -1.06. The second kappa shape index (κ2) is 5.93. The van der Waals surface area contributed by atoms with Gasteiger partial charge in [0.1, 0.15) is 0 Å². The third kappa shape index (κ3) is 3.48. The molecule has 1 heterocycles. The average Bonchev–Trinajstić information content (AvgIpc) is 2.34. The predicted molar refractivity (Wildman–Crippen MR) is 79.8 cm³/mol. The number of halogens is 1. The minimum Gasteiger partial charge on any atom is -0.324 e. The van der Waals surface area contributed by atoms with Crippen LogP contribution in [0.25, 0.3) is 0 Å². The van der Waals surface area contributed by atoms with Gasteiger partial charge in [0, 0.05) is 5.92 Å². The molecule has 0 spiro atoms. The largest absolute Gasteiger partial charge is 0.324 e. The van der Waals surface area contributed by atoms with Crippen LogP contribution < -0.4 is 5.32 Å². The Bertz CT molecular complexity index is 456. The highest BCUT2D eigenvalue weighted by Crippen LogP contribution is 2.28. The molecule has 0 unspecified atom stereocenters. The van der Waals surface area contributed by atoms with Crippen LogP contribution in [-0.4, -0.2) is 30.9 Å². The summed E-state index contributed by atoms with van der Waals surface area (Å²) in [5, 5.41) is 3.62. The first-order valence-electron chi connectivity index (χ1n) is 6.73. The number of hydrogen-bond acceptors (Lipinski definition) is 2. The number of nitrogens with zero attached hydrogens (tertiary/aromatic N) is 1. The van der Waals surface area contributed by atoms with Crippen LogP contribution in [-0.2, 0) is 4.79 Å². The van der Waals surface area contributed by atoms with Crippen LogP contribution in [0.5, 0.6) is 0 Å². The number of anilines is 1. The van der Waals surface area contributed by atoms with Crippen LogP contribution in [0.2, 0.25) is 5.02 Å². The highest BCUT2D eigenvalue weighted by atomic mass is 35.5. The molecule has 0 bridgehead atoms. The van der Waals surface area contributed by atoms with Crippen molar-refractivity contribution in [2.45, 2.75) is 26.7 Å². The SMILES string of the molecule is Cc1cc(C)c(NC(=O)C2CCN(C)CC2)c(Cl)c1. The third-order valence-corrected chi connectivity index (χ3v) is 4.07. The molecule has 1 N–H and O–H groups in total. The van der Waals surface area contributed by atoms with Gasteiger partial charge in [0.05, 0.1) is 10.7 Å². The summed E-state index contributed by atoms with van der Waals surface area (Å²) in [4.78, 5) is 14.5. The Morgan fingerprint density at radius 3 is 2.53 bits per heavy atom. The molecule has 1 aromatic carbocycles. The van der Waals surface area contributed by atoms with E-state index in [2.05, 4.69) is 17.3 Å². The molecule has 3 nitrogen and oxygen atoms in total. The van der Waals surface area contributed by atoms with E-state index in [1.807, 2.05) is 26.0 Å². The van der Waals surface area contributed by atoms with Crippen molar-refractivity contribution in [3.05, 3.63) is 28.3 Å². The first kappa shape index (κ1) is 14.4. The fourth-order valence-electron chi connectivity index (χ4n) is 2.57. The molecular weight excluding hydrogens is 260 g/mol. The van der Waals surface area contributed by atoms with Gasteiger partial charge in [-0.2, -0.15) is 0 Å². The number of rotatable bonds is 2. The number of likely N-dealkylation sites (tertiary alicyclic amines) is 1. The minimum absolute atomic E-state index is 0.0990. The highest BCUT2D eigenvalue weighted by molar-refractivity contribution is 6.34. The van der Waals surface area contributed by atoms with Gasteiger partial charge in [-0.3, -0.25) is 4.79 Å². The molecule has 1 amide bonds. The zero-order chi connectivity index (χ0) is 14.0. The molecule has 1 saturated heterocycles. The summed E-state index contributed by atoms with van der Waals surface area (Å²) in [6, 6.07) is 3.93. The van der Waals surface area contributed by atoms with Crippen LogP contribution in [0.3, 0.4) is 0 Å². The minimum atomic E-state index is 0.0990. The molecular formula is C15H21ClN2O. The average molecular weight is 281 g/mol. The Balaban J connectivity index is 2.07. The second-order valence-electron chi connectivity index (χ2n) is 5.51. The van der Waals surface area contributed by atoms with Gasteiger partial charge >= 0.3 is 0 Å². The van der Waals surface area contributed by atoms with Crippen molar-refractivity contribution < 1.29 is 4.79 Å². The van der Waals surface area contributed by atoms with Gasteiger partial charge in [-0.05, 0) is 64.0 Å². The summed E-state index contributed by atoms with van der Waals surface area (Å²) in [6.45, 7) is 5.95. The van der Waals surface area contributed by atoms with Gasteiger partial charge in [0.25, 0.3) is 0 Å². The second-order valence-corrected chi connectivity index (χ2v) is 5.91. The number of carbonyl (C=O) groups is 1. The Labute approximate surface area is 119 Å². The zero-order valence-electron chi connectivity index (χ0n) is 11.8. The topological polar surface area (TPSA) is 32.3 Å². The molecule has 1 aliphatic rings. The molecule has 104 valence electrons. The van der Waals surface area contributed by atoms with Crippen molar-refractivity contribution in [2.75, 3.05) is 25.5 Å². The van der Waals surface area contributed by atoms with E-state index in [1.165, 1.54) is 0 Å². The lowest BCUT2D eigenvalue weighted by atomic mass is 9.96. The van der Waals surface area contributed by atoms with Gasteiger partial charge in [-0.25, -0.2) is 0 Å². The molecule has 2 rings (SSSR count). The van der Waals surface area contributed by atoms with Crippen molar-refractivity contribution in [1.82, 2.24) is 4.90 Å². The van der Waals surface area contributed by atoms with Gasteiger partial charge in [-0.15, -0.1) is 0 Å². The Morgan fingerprint density at radius 2 is 1.95 bits per heavy atom. The summed E-state index contributed by atoms with van der Waals surface area (Å²) >= 11 is 6.22. The van der Waals surface area contributed by atoms with E-state index in [9.17, 15) is 4.79 Å². The van der Waals surface area contributed by atoms with Crippen LogP contribution in [0, 0.1) is 19.8 Å². The van der Waals surface area contributed by atoms with E-state index < -0.39 is 0 Å². The molecule has 4 heteroatoms. The molecule has 1 fully saturated rings. The standard InChI is InChI=1S/C15H21ClN2O/c1-10-8-11(2)14(13(16)9-10)17-15(19)12-4-6-18(3)7-5-12/h8-9,12H,4-7H2,1-3H3,(H,17,19). The van der Waals surface area contributed by atoms with Crippen LogP contribution >= 0.6 is 11.6 Å². The molecule has 1 aromatic rings. The lowest BCUT2D eigenvalue weighted by Crippen LogP contribution is -2.36. The fourth-order valence-corrected chi connectivity index (χ4v) is 2.94. The normalized spacial score (nSPS) is 17.5. The van der Waals surface area contributed by atoms with Crippen molar-refractivity contribution in [2.24, 2.45) is 5.92 Å². The fraction of sp³-hybridized carbons (Fsp3) is 0.533. The Kier molecular flexibility index (Phi) is 4.48. The van der Waals surface area contributed by atoms with Crippen molar-refractivity contribution in [3.8, 4) is 0 Å². The van der Waals surface area contributed by atoms with Gasteiger partial charge in [0.2, 0.25) is 5.91 Å². The molecule has 0 radical (unpaired) electrons. The summed E-state index contributed by atoms with van der Waals surface area (Å²) in [6.07, 6.45) is 1.84. The first-order valence-corrected chi connectivity index (χ1v) is 7.11. The predicted octanol–water partition coefficient (Wildman–Crippen LogP) is 3.24. The molecule has 0 saturated carbocycles. The van der Waals surface area contributed by atoms with E-state index >= 15 is 0 Å². The Morgan fingerprint density at radius 1 is 1.32 bits per heavy atom. The van der Waals surface area contributed by atoms with Crippen LogP contribution in [0.1, 0.15) is 24.0 Å².